The Morgan fingerprint density at radius 3 is 2.77 bits per heavy atom. The van der Waals surface area contributed by atoms with Crippen molar-refractivity contribution in [2.75, 3.05) is 6.61 Å². The first kappa shape index (κ1) is 19.7. The lowest BCUT2D eigenvalue weighted by Crippen LogP contribution is -2.04. The molecular weight excluding hydrogens is 376 g/mol. The quantitative estimate of drug-likeness (QED) is 0.427. The number of nitrogens with zero attached hydrogens (tertiary/aromatic N) is 1. The number of benzene rings is 3. The minimum Gasteiger partial charge on any atom is -0.493 e. The monoisotopic (exact) mass is 400 g/mol. The number of rotatable bonds is 8. The molecule has 4 rings (SSSR count). The average Bonchev–Trinajstić information content (AvgIpc) is 3.22. The molecule has 0 saturated heterocycles. The van der Waals surface area contributed by atoms with Gasteiger partial charge in [0.05, 0.1) is 18.3 Å². The Bertz CT molecular complexity index is 1180. The third-order valence-electron chi connectivity index (χ3n) is 5.31. The number of ether oxygens (including phenoxy) is 1. The molecule has 0 aliphatic heterocycles. The van der Waals surface area contributed by atoms with Crippen molar-refractivity contribution in [1.82, 2.24) is 10.2 Å². The second-order valence-electron chi connectivity index (χ2n) is 7.42. The van der Waals surface area contributed by atoms with Crippen LogP contribution in [0.2, 0.25) is 0 Å². The Balaban J connectivity index is 1.61. The molecule has 0 amide bonds. The zero-order valence-electron chi connectivity index (χ0n) is 16.9. The predicted octanol–water partition coefficient (Wildman–Crippen LogP) is 5.18. The highest BCUT2D eigenvalue weighted by Gasteiger charge is 2.11. The van der Waals surface area contributed by atoms with Crippen LogP contribution in [0.15, 0.2) is 66.9 Å². The maximum absolute atomic E-state index is 11.0. The van der Waals surface area contributed by atoms with E-state index in [2.05, 4.69) is 35.3 Å². The highest BCUT2D eigenvalue weighted by atomic mass is 16.5. The summed E-state index contributed by atoms with van der Waals surface area (Å²) in [6.45, 7) is 2.68. The molecule has 0 fully saturated rings. The van der Waals surface area contributed by atoms with Crippen LogP contribution in [-0.2, 0) is 17.6 Å². The zero-order valence-corrected chi connectivity index (χ0v) is 16.9. The highest BCUT2D eigenvalue weighted by Crippen LogP contribution is 2.33. The Kier molecular flexibility index (Phi) is 5.80. The van der Waals surface area contributed by atoms with Gasteiger partial charge in [-0.05, 0) is 59.9 Å². The van der Waals surface area contributed by atoms with Crippen molar-refractivity contribution in [1.29, 1.82) is 0 Å². The summed E-state index contributed by atoms with van der Waals surface area (Å²) < 4.78 is 6.18. The summed E-state index contributed by atoms with van der Waals surface area (Å²) >= 11 is 0. The molecule has 1 aromatic heterocycles. The van der Waals surface area contributed by atoms with Crippen LogP contribution in [-0.4, -0.2) is 27.9 Å². The number of carboxylic acid groups (broad SMARTS) is 1. The van der Waals surface area contributed by atoms with Gasteiger partial charge in [-0.15, -0.1) is 0 Å². The molecule has 0 spiro atoms. The third-order valence-corrected chi connectivity index (χ3v) is 5.31. The average molecular weight is 400 g/mol. The number of carboxylic acids is 1. The highest BCUT2D eigenvalue weighted by molar-refractivity contribution is 5.85. The summed E-state index contributed by atoms with van der Waals surface area (Å²) in [7, 11) is 0. The standard InChI is InChI=1S/C25H24N2O3/c1-17-4-2-3-5-19(17)12-13-30-24-10-6-18(7-11-25(28)29)14-22(24)20-8-9-23-21(15-20)16-26-27-23/h2-6,8-10,14-16H,7,11-13H2,1H3,(H,26,27)(H,28,29). The van der Waals surface area contributed by atoms with E-state index in [1.807, 2.05) is 42.5 Å². The molecule has 0 unspecified atom stereocenters. The summed E-state index contributed by atoms with van der Waals surface area (Å²) in [6.07, 6.45) is 3.22. The largest absolute Gasteiger partial charge is 0.493 e. The Morgan fingerprint density at radius 2 is 1.93 bits per heavy atom. The summed E-state index contributed by atoms with van der Waals surface area (Å²) in [5, 5.41) is 17.1. The lowest BCUT2D eigenvalue weighted by atomic mass is 9.99. The van der Waals surface area contributed by atoms with Gasteiger partial charge in [-0.1, -0.05) is 36.4 Å². The molecule has 2 N–H and O–H groups in total. The number of hydrogen-bond acceptors (Lipinski definition) is 3. The smallest absolute Gasteiger partial charge is 0.303 e. The van der Waals surface area contributed by atoms with Crippen LogP contribution in [0.25, 0.3) is 22.0 Å². The van der Waals surface area contributed by atoms with Crippen molar-refractivity contribution in [3.05, 3.63) is 83.6 Å². The lowest BCUT2D eigenvalue weighted by molar-refractivity contribution is -0.136. The SMILES string of the molecule is Cc1ccccc1CCOc1ccc(CCC(=O)O)cc1-c1ccc2[nH]ncc2c1. The number of nitrogens with one attached hydrogen (secondary N) is 1. The Morgan fingerprint density at radius 1 is 1.07 bits per heavy atom. The zero-order chi connectivity index (χ0) is 20.9. The number of aryl methyl sites for hydroxylation is 2. The van der Waals surface area contributed by atoms with Gasteiger partial charge in [-0.2, -0.15) is 5.10 Å². The van der Waals surface area contributed by atoms with E-state index in [4.69, 9.17) is 9.84 Å². The number of aromatic amines is 1. The van der Waals surface area contributed by atoms with Gasteiger partial charge in [-0.3, -0.25) is 9.89 Å². The van der Waals surface area contributed by atoms with Crippen molar-refractivity contribution < 1.29 is 14.6 Å². The molecule has 0 saturated carbocycles. The molecule has 1 heterocycles. The van der Waals surface area contributed by atoms with E-state index in [0.717, 1.165) is 39.8 Å². The van der Waals surface area contributed by atoms with E-state index >= 15 is 0 Å². The molecule has 0 aliphatic rings. The summed E-state index contributed by atoms with van der Waals surface area (Å²) in [4.78, 5) is 11.0. The number of H-pyrrole nitrogens is 1. The topological polar surface area (TPSA) is 75.2 Å². The van der Waals surface area contributed by atoms with Crippen LogP contribution in [0, 0.1) is 6.92 Å². The van der Waals surface area contributed by atoms with E-state index in [1.54, 1.807) is 6.20 Å². The van der Waals surface area contributed by atoms with E-state index in [0.29, 0.717) is 13.0 Å². The minimum absolute atomic E-state index is 0.105. The number of aliphatic carboxylic acids is 1. The molecule has 30 heavy (non-hydrogen) atoms. The molecular formula is C25H24N2O3. The van der Waals surface area contributed by atoms with Crippen LogP contribution in [0.4, 0.5) is 0 Å². The molecule has 4 aromatic rings. The molecule has 0 aliphatic carbocycles. The number of carbonyl (C=O) groups is 1. The molecule has 5 nitrogen and oxygen atoms in total. The first-order valence-corrected chi connectivity index (χ1v) is 10.1. The van der Waals surface area contributed by atoms with Gasteiger partial charge in [0.1, 0.15) is 5.75 Å². The molecule has 152 valence electrons. The van der Waals surface area contributed by atoms with Crippen LogP contribution in [0.1, 0.15) is 23.1 Å². The summed E-state index contributed by atoms with van der Waals surface area (Å²) in [6, 6.07) is 20.4. The second-order valence-corrected chi connectivity index (χ2v) is 7.42. The van der Waals surface area contributed by atoms with Gasteiger partial charge in [0.25, 0.3) is 0 Å². The fourth-order valence-electron chi connectivity index (χ4n) is 3.61. The van der Waals surface area contributed by atoms with Gasteiger partial charge in [0.15, 0.2) is 0 Å². The number of hydrogen-bond donors (Lipinski definition) is 2. The van der Waals surface area contributed by atoms with Crippen LogP contribution in [0.3, 0.4) is 0 Å². The van der Waals surface area contributed by atoms with Crippen molar-refractivity contribution in [2.24, 2.45) is 0 Å². The minimum atomic E-state index is -0.796. The van der Waals surface area contributed by atoms with Gasteiger partial charge < -0.3 is 9.84 Å². The van der Waals surface area contributed by atoms with Crippen LogP contribution < -0.4 is 4.74 Å². The van der Waals surface area contributed by atoms with E-state index in [1.165, 1.54) is 11.1 Å². The van der Waals surface area contributed by atoms with E-state index < -0.39 is 5.97 Å². The molecule has 5 heteroatoms. The molecule has 0 atom stereocenters. The third kappa shape index (κ3) is 4.51. The van der Waals surface area contributed by atoms with Crippen molar-refractivity contribution in [3.63, 3.8) is 0 Å². The first-order valence-electron chi connectivity index (χ1n) is 10.1. The van der Waals surface area contributed by atoms with E-state index in [-0.39, 0.29) is 6.42 Å². The van der Waals surface area contributed by atoms with Gasteiger partial charge in [0.2, 0.25) is 0 Å². The fourth-order valence-corrected chi connectivity index (χ4v) is 3.61. The normalized spacial score (nSPS) is 11.0. The lowest BCUT2D eigenvalue weighted by Gasteiger charge is -2.14. The number of aromatic nitrogens is 2. The maximum atomic E-state index is 11.0. The molecule has 0 bridgehead atoms. The van der Waals surface area contributed by atoms with Gasteiger partial charge >= 0.3 is 5.97 Å². The van der Waals surface area contributed by atoms with Crippen molar-refractivity contribution in [2.45, 2.75) is 26.2 Å². The first-order chi connectivity index (χ1) is 14.6. The number of fused-ring (bicyclic) bond motifs is 1. The van der Waals surface area contributed by atoms with E-state index in [9.17, 15) is 4.79 Å². The van der Waals surface area contributed by atoms with Crippen molar-refractivity contribution >= 4 is 16.9 Å². The summed E-state index contributed by atoms with van der Waals surface area (Å²) in [5.41, 5.74) is 6.47. The van der Waals surface area contributed by atoms with Gasteiger partial charge in [-0.25, -0.2) is 0 Å². The predicted molar refractivity (Wildman–Crippen MR) is 118 cm³/mol. The van der Waals surface area contributed by atoms with Crippen LogP contribution >= 0.6 is 0 Å². The Labute approximate surface area is 175 Å². The van der Waals surface area contributed by atoms with Crippen molar-refractivity contribution in [3.8, 4) is 16.9 Å². The van der Waals surface area contributed by atoms with Gasteiger partial charge in [0, 0.05) is 23.8 Å². The fraction of sp³-hybridized carbons (Fsp3) is 0.200. The second kappa shape index (κ2) is 8.82. The van der Waals surface area contributed by atoms with Crippen LogP contribution in [0.5, 0.6) is 5.75 Å². The maximum Gasteiger partial charge on any atom is 0.303 e. The Hall–Kier alpha value is -3.60. The molecule has 3 aromatic carbocycles. The molecule has 0 radical (unpaired) electrons. The summed E-state index contributed by atoms with van der Waals surface area (Å²) in [5.74, 6) is 0.000397.